The number of pyridine rings is 2. The van der Waals surface area contributed by atoms with Crippen LogP contribution in [-0.4, -0.2) is 58.5 Å². The molecule has 40 heavy (non-hydrogen) atoms. The number of hydrogen-bond acceptors (Lipinski definition) is 6. The maximum atomic E-state index is 5.80. The van der Waals surface area contributed by atoms with E-state index in [0.29, 0.717) is 26.4 Å². The molecule has 0 saturated heterocycles. The number of ether oxygens (including phenoxy) is 4. The van der Waals surface area contributed by atoms with Gasteiger partial charge in [0.05, 0.1) is 48.8 Å². The highest BCUT2D eigenvalue weighted by atomic mass is 127. The monoisotopic (exact) mass is 760 g/mol. The SMILES string of the molecule is ICCOCCOc1ccc(-c2ccc3ccc4ccc(-c5ccc(OCCOCCI)cc5)nc4c3n2)cc1. The second-order valence-corrected chi connectivity index (χ2v) is 11.1. The van der Waals surface area contributed by atoms with E-state index >= 15 is 0 Å². The van der Waals surface area contributed by atoms with Crippen molar-refractivity contribution in [2.24, 2.45) is 0 Å². The molecule has 0 aliphatic carbocycles. The van der Waals surface area contributed by atoms with Crippen LogP contribution in [0.15, 0.2) is 84.9 Å². The number of hydrogen-bond donors (Lipinski definition) is 0. The Morgan fingerprint density at radius 3 is 1.25 bits per heavy atom. The maximum Gasteiger partial charge on any atom is 0.119 e. The number of aromatic nitrogens is 2. The van der Waals surface area contributed by atoms with Crippen LogP contribution < -0.4 is 9.47 Å². The lowest BCUT2D eigenvalue weighted by Gasteiger charge is -2.10. The first kappa shape index (κ1) is 29.0. The van der Waals surface area contributed by atoms with E-state index in [-0.39, 0.29) is 0 Å². The van der Waals surface area contributed by atoms with Crippen LogP contribution in [0.5, 0.6) is 11.5 Å². The fourth-order valence-corrected chi connectivity index (χ4v) is 4.91. The van der Waals surface area contributed by atoms with Crippen molar-refractivity contribution in [3.05, 3.63) is 84.9 Å². The smallest absolute Gasteiger partial charge is 0.119 e. The first-order valence-electron chi connectivity index (χ1n) is 13.2. The molecule has 8 heteroatoms. The van der Waals surface area contributed by atoms with Gasteiger partial charge >= 0.3 is 0 Å². The van der Waals surface area contributed by atoms with Crippen molar-refractivity contribution in [3.8, 4) is 34.0 Å². The molecule has 0 aliphatic heterocycles. The van der Waals surface area contributed by atoms with E-state index in [4.69, 9.17) is 28.9 Å². The third kappa shape index (κ3) is 7.59. The molecule has 206 valence electrons. The summed E-state index contributed by atoms with van der Waals surface area (Å²) in [5.41, 5.74) is 5.62. The van der Waals surface area contributed by atoms with Gasteiger partial charge < -0.3 is 18.9 Å². The Morgan fingerprint density at radius 2 is 0.850 bits per heavy atom. The van der Waals surface area contributed by atoms with E-state index in [1.165, 1.54) is 0 Å². The zero-order chi connectivity index (χ0) is 27.6. The average molecular weight is 760 g/mol. The Bertz CT molecular complexity index is 1410. The molecule has 0 spiro atoms. The number of fused-ring (bicyclic) bond motifs is 3. The third-order valence-electron chi connectivity index (χ3n) is 6.26. The minimum Gasteiger partial charge on any atom is -0.491 e. The van der Waals surface area contributed by atoms with E-state index in [9.17, 15) is 0 Å². The van der Waals surface area contributed by atoms with E-state index in [1.54, 1.807) is 0 Å². The molecule has 2 aromatic heterocycles. The van der Waals surface area contributed by atoms with Crippen molar-refractivity contribution >= 4 is 67.0 Å². The molecular formula is C32H30I2N2O4. The molecule has 0 radical (unpaired) electrons. The van der Waals surface area contributed by atoms with Gasteiger partial charge in [0.1, 0.15) is 24.7 Å². The van der Waals surface area contributed by atoms with Gasteiger partial charge in [0.15, 0.2) is 0 Å². The summed E-state index contributed by atoms with van der Waals surface area (Å²) in [5, 5.41) is 2.11. The predicted molar refractivity (Wildman–Crippen MR) is 178 cm³/mol. The van der Waals surface area contributed by atoms with Gasteiger partial charge in [-0.2, -0.15) is 0 Å². The minimum absolute atomic E-state index is 0.535. The molecule has 5 rings (SSSR count). The van der Waals surface area contributed by atoms with Gasteiger partial charge in [0.2, 0.25) is 0 Å². The highest BCUT2D eigenvalue weighted by Crippen LogP contribution is 2.30. The molecule has 0 fully saturated rings. The van der Waals surface area contributed by atoms with Crippen LogP contribution in [0.2, 0.25) is 0 Å². The molecule has 3 aromatic carbocycles. The lowest BCUT2D eigenvalue weighted by Crippen LogP contribution is -2.07. The van der Waals surface area contributed by atoms with Crippen LogP contribution in [0.4, 0.5) is 0 Å². The van der Waals surface area contributed by atoms with Gasteiger partial charge in [-0.1, -0.05) is 69.4 Å². The lowest BCUT2D eigenvalue weighted by atomic mass is 10.1. The molecule has 5 aromatic rings. The van der Waals surface area contributed by atoms with Gasteiger partial charge in [-0.15, -0.1) is 0 Å². The van der Waals surface area contributed by atoms with E-state index in [0.717, 1.165) is 77.9 Å². The summed E-state index contributed by atoms with van der Waals surface area (Å²) in [6.45, 7) is 3.74. The van der Waals surface area contributed by atoms with Crippen molar-refractivity contribution in [1.82, 2.24) is 9.97 Å². The van der Waals surface area contributed by atoms with E-state index in [1.807, 2.05) is 48.5 Å². The van der Waals surface area contributed by atoms with Crippen molar-refractivity contribution in [3.63, 3.8) is 0 Å². The Balaban J connectivity index is 1.34. The molecule has 0 unspecified atom stereocenters. The highest BCUT2D eigenvalue weighted by molar-refractivity contribution is 14.1. The van der Waals surface area contributed by atoms with Crippen molar-refractivity contribution in [2.45, 2.75) is 0 Å². The molecule has 0 aliphatic rings. The summed E-state index contributed by atoms with van der Waals surface area (Å²) in [7, 11) is 0. The summed E-state index contributed by atoms with van der Waals surface area (Å²) in [4.78, 5) is 10.1. The van der Waals surface area contributed by atoms with Crippen molar-refractivity contribution < 1.29 is 18.9 Å². The Labute approximate surface area is 261 Å². The number of rotatable bonds is 14. The summed E-state index contributed by atoms with van der Waals surface area (Å²) in [5.74, 6) is 1.64. The van der Waals surface area contributed by atoms with Crippen LogP contribution in [0, 0.1) is 0 Å². The van der Waals surface area contributed by atoms with Crippen LogP contribution >= 0.6 is 45.2 Å². The van der Waals surface area contributed by atoms with Crippen molar-refractivity contribution in [2.75, 3.05) is 48.5 Å². The predicted octanol–water partition coefficient (Wildman–Crippen LogP) is 7.78. The standard InChI is InChI=1S/C32H30I2N2O4/c33-15-17-37-19-21-39-27-9-3-23(4-10-27)29-13-7-25-1-2-26-8-14-30(36-32(26)31(25)35-29)24-5-11-28(12-6-24)40-22-20-38-18-16-34/h1-14H,15-22H2. The van der Waals surface area contributed by atoms with Gasteiger partial charge in [0, 0.05) is 30.8 Å². The minimum atomic E-state index is 0.535. The van der Waals surface area contributed by atoms with Gasteiger partial charge in [0.25, 0.3) is 0 Å². The van der Waals surface area contributed by atoms with Gasteiger partial charge in [-0.25, -0.2) is 9.97 Å². The summed E-state index contributed by atoms with van der Waals surface area (Å²) in [6.07, 6.45) is 0. The van der Waals surface area contributed by atoms with Gasteiger partial charge in [-0.05, 0) is 60.7 Å². The molecule has 0 atom stereocenters. The van der Waals surface area contributed by atoms with Crippen LogP contribution in [0.3, 0.4) is 0 Å². The fraction of sp³-hybridized carbons (Fsp3) is 0.250. The second-order valence-electron chi connectivity index (χ2n) is 8.95. The van der Waals surface area contributed by atoms with Crippen LogP contribution in [0.25, 0.3) is 44.3 Å². The third-order valence-corrected chi connectivity index (χ3v) is 7.14. The second kappa shape index (κ2) is 14.9. The van der Waals surface area contributed by atoms with E-state index in [2.05, 4.69) is 81.6 Å². The largest absolute Gasteiger partial charge is 0.491 e. The molecule has 0 bridgehead atoms. The topological polar surface area (TPSA) is 62.7 Å². The number of alkyl halides is 2. The first-order valence-corrected chi connectivity index (χ1v) is 16.2. The van der Waals surface area contributed by atoms with Crippen molar-refractivity contribution in [1.29, 1.82) is 0 Å². The van der Waals surface area contributed by atoms with Crippen LogP contribution in [0.1, 0.15) is 0 Å². The quantitative estimate of drug-likeness (QED) is 0.0499. The first-order chi connectivity index (χ1) is 19.7. The molecular weight excluding hydrogens is 730 g/mol. The Hall–Kier alpha value is -2.54. The molecule has 0 saturated carbocycles. The Morgan fingerprint density at radius 1 is 0.450 bits per heavy atom. The summed E-state index contributed by atoms with van der Waals surface area (Å²) < 4.78 is 24.5. The fourth-order valence-electron chi connectivity index (χ4n) is 4.28. The molecule has 6 nitrogen and oxygen atoms in total. The van der Waals surface area contributed by atoms with E-state index < -0.39 is 0 Å². The number of benzene rings is 3. The van der Waals surface area contributed by atoms with Gasteiger partial charge in [-0.3, -0.25) is 0 Å². The molecule has 0 amide bonds. The normalized spacial score (nSPS) is 11.2. The molecule has 2 heterocycles. The highest BCUT2D eigenvalue weighted by Gasteiger charge is 2.09. The zero-order valence-corrected chi connectivity index (χ0v) is 26.3. The average Bonchev–Trinajstić information content (AvgIpc) is 3.01. The summed E-state index contributed by atoms with van der Waals surface area (Å²) in [6, 6.07) is 28.6. The molecule has 0 N–H and O–H groups in total. The maximum absolute atomic E-state index is 5.80. The summed E-state index contributed by atoms with van der Waals surface area (Å²) >= 11 is 4.60. The lowest BCUT2D eigenvalue weighted by molar-refractivity contribution is 0.113. The zero-order valence-electron chi connectivity index (χ0n) is 22.0. The number of nitrogens with zero attached hydrogens (tertiary/aromatic N) is 2. The van der Waals surface area contributed by atoms with Crippen LogP contribution in [-0.2, 0) is 9.47 Å². The Kier molecular flexibility index (Phi) is 10.8. The number of halogens is 2.